The lowest BCUT2D eigenvalue weighted by molar-refractivity contribution is 0.351. The number of methoxy groups -OCH3 is 1. The molecular weight excluding hydrogens is 266 g/mol. The molecular formula is C12H24ClN5O. The van der Waals surface area contributed by atoms with Gasteiger partial charge >= 0.3 is 0 Å². The van der Waals surface area contributed by atoms with Crippen molar-refractivity contribution in [3.05, 3.63) is 11.9 Å². The molecule has 0 aliphatic heterocycles. The number of halogens is 1. The van der Waals surface area contributed by atoms with Crippen LogP contribution in [0, 0.1) is 0 Å². The topological polar surface area (TPSA) is 68.3 Å². The molecule has 0 bridgehead atoms. The first-order chi connectivity index (χ1) is 9.13. The van der Waals surface area contributed by atoms with Gasteiger partial charge in [0, 0.05) is 12.4 Å². The fourth-order valence-corrected chi connectivity index (χ4v) is 2.09. The summed E-state index contributed by atoms with van der Waals surface area (Å²) >= 11 is 5.75. The molecule has 1 atom stereocenters. The van der Waals surface area contributed by atoms with Gasteiger partial charge in [-0.15, -0.1) is 11.6 Å². The Bertz CT molecular complexity index is 369. The first-order valence-corrected chi connectivity index (χ1v) is 6.94. The zero-order chi connectivity index (χ0) is 14.3. The van der Waals surface area contributed by atoms with Gasteiger partial charge in [0.1, 0.15) is 0 Å². The molecule has 0 aromatic carbocycles. The van der Waals surface area contributed by atoms with Crippen molar-refractivity contribution in [3.63, 3.8) is 0 Å². The molecule has 0 aliphatic rings. The molecule has 0 radical (unpaired) electrons. The minimum Gasteiger partial charge on any atom is -0.493 e. The zero-order valence-electron chi connectivity index (χ0n) is 11.9. The zero-order valence-corrected chi connectivity index (χ0v) is 12.7. The monoisotopic (exact) mass is 289 g/mol. The van der Waals surface area contributed by atoms with Gasteiger partial charge in [-0.05, 0) is 26.9 Å². The van der Waals surface area contributed by atoms with Gasteiger partial charge in [-0.25, -0.2) is 0 Å². The van der Waals surface area contributed by atoms with E-state index >= 15 is 0 Å². The van der Waals surface area contributed by atoms with E-state index in [-0.39, 0.29) is 6.04 Å². The third-order valence-electron chi connectivity index (χ3n) is 2.98. The summed E-state index contributed by atoms with van der Waals surface area (Å²) in [5.74, 6) is 7.03. The molecule has 1 aromatic heterocycles. The van der Waals surface area contributed by atoms with Crippen molar-refractivity contribution >= 4 is 11.6 Å². The van der Waals surface area contributed by atoms with Crippen LogP contribution in [0.3, 0.4) is 0 Å². The van der Waals surface area contributed by atoms with Crippen LogP contribution >= 0.6 is 11.6 Å². The minimum atomic E-state index is -0.00152. The van der Waals surface area contributed by atoms with Crippen molar-refractivity contribution < 1.29 is 4.74 Å². The number of alkyl halides is 1. The second kappa shape index (κ2) is 8.37. The van der Waals surface area contributed by atoms with Crippen LogP contribution in [0.2, 0.25) is 0 Å². The number of likely N-dealkylation sites (N-methyl/N-ethyl adjacent to an activating group) is 1. The normalized spacial score (nSPS) is 12.9. The number of rotatable bonds is 9. The number of nitrogens with two attached hydrogens (primary N) is 1. The molecule has 110 valence electrons. The summed E-state index contributed by atoms with van der Waals surface area (Å²) in [5.41, 5.74) is 3.81. The van der Waals surface area contributed by atoms with Crippen molar-refractivity contribution in [2.45, 2.75) is 25.4 Å². The average Bonchev–Trinajstić information content (AvgIpc) is 2.80. The Kier molecular flexibility index (Phi) is 7.15. The number of ether oxygens (including phenoxy) is 1. The van der Waals surface area contributed by atoms with Crippen LogP contribution in [-0.4, -0.2) is 48.3 Å². The number of hydrogen-bond donors (Lipinski definition) is 2. The second-order valence-electron chi connectivity index (χ2n) is 4.68. The predicted octanol–water partition coefficient (Wildman–Crippen LogP) is 0.977. The van der Waals surface area contributed by atoms with E-state index in [1.54, 1.807) is 13.3 Å². The van der Waals surface area contributed by atoms with Gasteiger partial charge in [-0.2, -0.15) is 5.10 Å². The highest BCUT2D eigenvalue weighted by Gasteiger charge is 2.20. The Morgan fingerprint density at radius 3 is 2.84 bits per heavy atom. The van der Waals surface area contributed by atoms with E-state index in [2.05, 4.69) is 15.4 Å². The van der Waals surface area contributed by atoms with E-state index in [9.17, 15) is 0 Å². The first-order valence-electron chi connectivity index (χ1n) is 6.40. The van der Waals surface area contributed by atoms with Crippen LogP contribution in [-0.2, 0) is 6.54 Å². The van der Waals surface area contributed by atoms with Gasteiger partial charge in [-0.1, -0.05) is 0 Å². The fourth-order valence-electron chi connectivity index (χ4n) is 1.94. The maximum Gasteiger partial charge on any atom is 0.161 e. The van der Waals surface area contributed by atoms with Crippen molar-refractivity contribution in [2.75, 3.05) is 33.6 Å². The van der Waals surface area contributed by atoms with E-state index < -0.39 is 0 Å². The molecule has 7 heteroatoms. The smallest absolute Gasteiger partial charge is 0.161 e. The summed E-state index contributed by atoms with van der Waals surface area (Å²) in [7, 11) is 5.71. The van der Waals surface area contributed by atoms with Crippen LogP contribution < -0.4 is 16.0 Å². The lowest BCUT2D eigenvalue weighted by Gasteiger charge is -2.19. The van der Waals surface area contributed by atoms with E-state index in [1.807, 2.05) is 18.8 Å². The van der Waals surface area contributed by atoms with E-state index in [4.69, 9.17) is 22.2 Å². The highest BCUT2D eigenvalue weighted by molar-refractivity contribution is 6.17. The molecule has 19 heavy (non-hydrogen) atoms. The summed E-state index contributed by atoms with van der Waals surface area (Å²) in [4.78, 5) is 2.11. The summed E-state index contributed by atoms with van der Waals surface area (Å²) in [5, 5.41) is 4.37. The van der Waals surface area contributed by atoms with Gasteiger partial charge in [-0.3, -0.25) is 16.0 Å². The summed E-state index contributed by atoms with van der Waals surface area (Å²) in [6.45, 7) is 1.70. The maximum absolute atomic E-state index is 5.75. The number of hydrogen-bond acceptors (Lipinski definition) is 5. The SMILES string of the molecule is COc1cnn(CCN(C)C)c1C(CCCCl)NN. The second-order valence-corrected chi connectivity index (χ2v) is 5.05. The van der Waals surface area contributed by atoms with Crippen molar-refractivity contribution in [2.24, 2.45) is 5.84 Å². The molecule has 1 heterocycles. The molecule has 0 saturated carbocycles. The molecule has 1 unspecified atom stereocenters. The highest BCUT2D eigenvalue weighted by Crippen LogP contribution is 2.27. The standard InChI is InChI=1S/C12H24ClN5O/c1-17(2)7-8-18-12(11(19-3)9-15-18)10(16-14)5-4-6-13/h9-10,16H,4-8,14H2,1-3H3. The largest absolute Gasteiger partial charge is 0.493 e. The molecule has 0 spiro atoms. The lowest BCUT2D eigenvalue weighted by Crippen LogP contribution is -2.31. The third-order valence-corrected chi connectivity index (χ3v) is 3.25. The Hall–Kier alpha value is -0.820. The highest BCUT2D eigenvalue weighted by atomic mass is 35.5. The quantitative estimate of drug-likeness (QED) is 0.403. The van der Waals surface area contributed by atoms with E-state index in [0.29, 0.717) is 5.88 Å². The number of nitrogens with zero attached hydrogens (tertiary/aromatic N) is 3. The molecule has 3 N–H and O–H groups in total. The summed E-state index contributed by atoms with van der Waals surface area (Å²) in [6, 6.07) is -0.00152. The van der Waals surface area contributed by atoms with Gasteiger partial charge < -0.3 is 9.64 Å². The van der Waals surface area contributed by atoms with Crippen molar-refractivity contribution in [1.82, 2.24) is 20.1 Å². The summed E-state index contributed by atoms with van der Waals surface area (Å²) in [6.07, 6.45) is 3.47. The van der Waals surface area contributed by atoms with Gasteiger partial charge in [0.2, 0.25) is 0 Å². The third kappa shape index (κ3) is 4.65. The van der Waals surface area contributed by atoms with Crippen LogP contribution in [0.25, 0.3) is 0 Å². The molecule has 0 amide bonds. The first kappa shape index (κ1) is 16.2. The lowest BCUT2D eigenvalue weighted by atomic mass is 10.1. The Labute approximate surface area is 119 Å². The van der Waals surface area contributed by atoms with Crippen LogP contribution in [0.5, 0.6) is 5.75 Å². The predicted molar refractivity (Wildman–Crippen MR) is 77.4 cm³/mol. The average molecular weight is 290 g/mol. The molecule has 6 nitrogen and oxygen atoms in total. The van der Waals surface area contributed by atoms with Crippen molar-refractivity contribution in [1.29, 1.82) is 0 Å². The van der Waals surface area contributed by atoms with Crippen LogP contribution in [0.4, 0.5) is 0 Å². The molecule has 0 fully saturated rings. The van der Waals surface area contributed by atoms with Crippen LogP contribution in [0.1, 0.15) is 24.6 Å². The summed E-state index contributed by atoms with van der Waals surface area (Å²) < 4.78 is 7.31. The fraction of sp³-hybridized carbons (Fsp3) is 0.750. The van der Waals surface area contributed by atoms with E-state index in [1.165, 1.54) is 0 Å². The Morgan fingerprint density at radius 1 is 1.58 bits per heavy atom. The van der Waals surface area contributed by atoms with Gasteiger partial charge in [0.25, 0.3) is 0 Å². The van der Waals surface area contributed by atoms with Crippen molar-refractivity contribution in [3.8, 4) is 5.75 Å². The Morgan fingerprint density at radius 2 is 2.32 bits per heavy atom. The molecule has 0 saturated heterocycles. The van der Waals surface area contributed by atoms with E-state index in [0.717, 1.165) is 37.4 Å². The van der Waals surface area contributed by atoms with Gasteiger partial charge in [0.15, 0.2) is 5.75 Å². The van der Waals surface area contributed by atoms with Gasteiger partial charge in [0.05, 0.1) is 31.6 Å². The number of aromatic nitrogens is 2. The van der Waals surface area contributed by atoms with Crippen LogP contribution in [0.15, 0.2) is 6.20 Å². The minimum absolute atomic E-state index is 0.00152. The molecule has 0 aliphatic carbocycles. The molecule has 1 rings (SSSR count). The number of hydrazine groups is 1. The molecule has 1 aromatic rings. The maximum atomic E-state index is 5.75. The number of nitrogens with one attached hydrogen (secondary N) is 1. The Balaban J connectivity index is 2.89.